The summed E-state index contributed by atoms with van der Waals surface area (Å²) in [5, 5.41) is 14.9. The van der Waals surface area contributed by atoms with Crippen molar-refractivity contribution in [1.82, 2.24) is 10.3 Å². The van der Waals surface area contributed by atoms with Crippen molar-refractivity contribution in [3.05, 3.63) is 58.3 Å². The molecule has 1 aromatic heterocycles. The summed E-state index contributed by atoms with van der Waals surface area (Å²) >= 11 is 1.30. The lowest BCUT2D eigenvalue weighted by atomic mass is 10.1. The predicted molar refractivity (Wildman–Crippen MR) is 78.9 cm³/mol. The Labute approximate surface area is 121 Å². The van der Waals surface area contributed by atoms with E-state index < -0.39 is 0 Å². The van der Waals surface area contributed by atoms with Crippen molar-refractivity contribution < 1.29 is 4.92 Å². The number of para-hydroxylation sites is 1. The van der Waals surface area contributed by atoms with Gasteiger partial charge in [0.15, 0.2) is 0 Å². The van der Waals surface area contributed by atoms with E-state index in [-0.39, 0.29) is 16.7 Å². The van der Waals surface area contributed by atoms with Crippen molar-refractivity contribution in [1.29, 1.82) is 0 Å². The second kappa shape index (κ2) is 6.49. The second-order valence-electron chi connectivity index (χ2n) is 4.26. The molecule has 0 saturated heterocycles. The lowest BCUT2D eigenvalue weighted by Gasteiger charge is -2.11. The van der Waals surface area contributed by atoms with Crippen molar-refractivity contribution in [2.24, 2.45) is 0 Å². The Hall–Kier alpha value is -1.92. The van der Waals surface area contributed by atoms with Gasteiger partial charge < -0.3 is 5.32 Å². The molecule has 0 bridgehead atoms. The molecule has 0 aliphatic rings. The monoisotopic (exact) mass is 289 g/mol. The lowest BCUT2D eigenvalue weighted by molar-refractivity contribution is -0.387. The number of pyridine rings is 1. The summed E-state index contributed by atoms with van der Waals surface area (Å²) in [6.07, 6.45) is 1.72. The fraction of sp³-hybridized carbons (Fsp3) is 0.214. The first-order valence-electron chi connectivity index (χ1n) is 6.16. The van der Waals surface area contributed by atoms with E-state index >= 15 is 0 Å². The van der Waals surface area contributed by atoms with Crippen molar-refractivity contribution in [2.45, 2.75) is 22.9 Å². The predicted octanol–water partition coefficient (Wildman–Crippen LogP) is 3.42. The van der Waals surface area contributed by atoms with E-state index in [1.165, 1.54) is 17.8 Å². The van der Waals surface area contributed by atoms with Gasteiger partial charge in [-0.3, -0.25) is 10.1 Å². The lowest BCUT2D eigenvalue weighted by Crippen LogP contribution is -2.12. The summed E-state index contributed by atoms with van der Waals surface area (Å²) in [5.41, 5.74) is 1.20. The van der Waals surface area contributed by atoms with Gasteiger partial charge in [0.05, 0.1) is 9.82 Å². The molecule has 0 fully saturated rings. The molecule has 0 aliphatic carbocycles. The van der Waals surface area contributed by atoms with E-state index in [1.807, 2.05) is 19.2 Å². The average molecular weight is 289 g/mol. The molecule has 104 valence electrons. The first kappa shape index (κ1) is 14.5. The zero-order valence-electron chi connectivity index (χ0n) is 11.2. The van der Waals surface area contributed by atoms with Crippen LogP contribution >= 0.6 is 11.8 Å². The Morgan fingerprint density at radius 2 is 2.10 bits per heavy atom. The Bertz CT molecular complexity index is 619. The highest BCUT2D eigenvalue weighted by Gasteiger charge is 2.14. The van der Waals surface area contributed by atoms with E-state index in [9.17, 15) is 10.1 Å². The van der Waals surface area contributed by atoms with Crippen LogP contribution in [0.2, 0.25) is 0 Å². The molecule has 2 rings (SSSR count). The Morgan fingerprint density at radius 3 is 2.80 bits per heavy atom. The Kier molecular flexibility index (Phi) is 4.70. The minimum atomic E-state index is -0.373. The minimum absolute atomic E-state index is 0.103. The SMILES string of the molecule is CNC(C)c1ccnc(Sc2ccccc2[N+](=O)[O-])c1. The number of hydrogen-bond acceptors (Lipinski definition) is 5. The van der Waals surface area contributed by atoms with Crippen LogP contribution < -0.4 is 5.32 Å². The third kappa shape index (κ3) is 3.34. The molecule has 0 saturated carbocycles. The van der Waals surface area contributed by atoms with Crippen molar-refractivity contribution >= 4 is 17.4 Å². The molecule has 2 aromatic rings. The number of benzene rings is 1. The number of aromatic nitrogens is 1. The molecule has 1 N–H and O–H groups in total. The summed E-state index contributed by atoms with van der Waals surface area (Å²) < 4.78 is 0. The average Bonchev–Trinajstić information content (AvgIpc) is 2.47. The van der Waals surface area contributed by atoms with Gasteiger partial charge >= 0.3 is 0 Å². The van der Waals surface area contributed by atoms with Gasteiger partial charge in [-0.2, -0.15) is 0 Å². The molecular formula is C14H15N3O2S. The first-order valence-corrected chi connectivity index (χ1v) is 6.98. The zero-order valence-corrected chi connectivity index (χ0v) is 12.1. The molecule has 0 spiro atoms. The fourth-order valence-corrected chi connectivity index (χ4v) is 2.65. The Morgan fingerprint density at radius 1 is 1.35 bits per heavy atom. The van der Waals surface area contributed by atoms with Crippen molar-refractivity contribution in [3.63, 3.8) is 0 Å². The van der Waals surface area contributed by atoms with Crippen LogP contribution in [0.25, 0.3) is 0 Å². The molecule has 0 aliphatic heterocycles. The highest BCUT2D eigenvalue weighted by Crippen LogP contribution is 2.34. The zero-order chi connectivity index (χ0) is 14.5. The van der Waals surface area contributed by atoms with E-state index in [2.05, 4.69) is 17.2 Å². The largest absolute Gasteiger partial charge is 0.313 e. The molecule has 1 aromatic carbocycles. The van der Waals surface area contributed by atoms with Gasteiger partial charge in [-0.25, -0.2) is 4.98 Å². The van der Waals surface area contributed by atoms with E-state index in [0.29, 0.717) is 4.90 Å². The van der Waals surface area contributed by atoms with Gasteiger partial charge in [-0.1, -0.05) is 23.9 Å². The number of nitrogens with zero attached hydrogens (tertiary/aromatic N) is 2. The van der Waals surface area contributed by atoms with Crippen LogP contribution in [0, 0.1) is 10.1 Å². The summed E-state index contributed by atoms with van der Waals surface area (Å²) in [6.45, 7) is 2.05. The summed E-state index contributed by atoms with van der Waals surface area (Å²) in [6, 6.07) is 10.8. The van der Waals surface area contributed by atoms with Gasteiger partial charge in [0.2, 0.25) is 0 Å². The smallest absolute Gasteiger partial charge is 0.283 e. The van der Waals surface area contributed by atoms with E-state index in [0.717, 1.165) is 10.6 Å². The first-order chi connectivity index (χ1) is 9.61. The molecule has 0 amide bonds. The molecule has 0 radical (unpaired) electrons. The topological polar surface area (TPSA) is 68.1 Å². The fourth-order valence-electron chi connectivity index (χ4n) is 1.72. The van der Waals surface area contributed by atoms with E-state index in [4.69, 9.17) is 0 Å². The van der Waals surface area contributed by atoms with Crippen LogP contribution in [0.3, 0.4) is 0 Å². The second-order valence-corrected chi connectivity index (χ2v) is 5.33. The molecule has 1 heterocycles. The normalized spacial score (nSPS) is 12.1. The number of nitrogens with one attached hydrogen (secondary N) is 1. The molecular weight excluding hydrogens is 274 g/mol. The highest BCUT2D eigenvalue weighted by molar-refractivity contribution is 7.99. The van der Waals surface area contributed by atoms with Gasteiger partial charge in [0.25, 0.3) is 5.69 Å². The molecule has 1 unspecified atom stereocenters. The third-order valence-electron chi connectivity index (χ3n) is 2.97. The van der Waals surface area contributed by atoms with Crippen molar-refractivity contribution in [2.75, 3.05) is 7.05 Å². The summed E-state index contributed by atoms with van der Waals surface area (Å²) in [7, 11) is 1.89. The molecule has 1 atom stereocenters. The maximum absolute atomic E-state index is 11.0. The quantitative estimate of drug-likeness (QED) is 0.674. The van der Waals surface area contributed by atoms with Crippen LogP contribution in [-0.4, -0.2) is 17.0 Å². The van der Waals surface area contributed by atoms with Crippen LogP contribution in [0.4, 0.5) is 5.69 Å². The third-order valence-corrected chi connectivity index (χ3v) is 3.97. The maximum atomic E-state index is 11.0. The van der Waals surface area contributed by atoms with Gasteiger partial charge in [-0.15, -0.1) is 0 Å². The van der Waals surface area contributed by atoms with Gasteiger partial charge in [0, 0.05) is 18.3 Å². The van der Waals surface area contributed by atoms with Crippen LogP contribution in [0.15, 0.2) is 52.5 Å². The summed E-state index contributed by atoms with van der Waals surface area (Å²) in [5.74, 6) is 0. The van der Waals surface area contributed by atoms with Crippen LogP contribution in [0.5, 0.6) is 0 Å². The number of hydrogen-bond donors (Lipinski definition) is 1. The Balaban J connectivity index is 2.29. The van der Waals surface area contributed by atoms with Crippen LogP contribution in [0.1, 0.15) is 18.5 Å². The van der Waals surface area contributed by atoms with Gasteiger partial charge in [-0.05, 0) is 37.7 Å². The standard InChI is InChI=1S/C14H15N3O2S/c1-10(15-2)11-7-8-16-14(9-11)20-13-6-4-3-5-12(13)17(18)19/h3-10,15H,1-2H3. The van der Waals surface area contributed by atoms with Crippen LogP contribution in [-0.2, 0) is 0 Å². The maximum Gasteiger partial charge on any atom is 0.283 e. The molecule has 6 heteroatoms. The number of nitro benzene ring substituents is 1. The van der Waals surface area contributed by atoms with Gasteiger partial charge in [0.1, 0.15) is 5.03 Å². The highest BCUT2D eigenvalue weighted by atomic mass is 32.2. The minimum Gasteiger partial charge on any atom is -0.313 e. The number of nitro groups is 1. The molecule has 20 heavy (non-hydrogen) atoms. The van der Waals surface area contributed by atoms with E-state index in [1.54, 1.807) is 24.4 Å². The molecule has 5 nitrogen and oxygen atoms in total. The number of rotatable bonds is 5. The van der Waals surface area contributed by atoms with Crippen molar-refractivity contribution in [3.8, 4) is 0 Å². The summed E-state index contributed by atoms with van der Waals surface area (Å²) in [4.78, 5) is 15.5.